The van der Waals surface area contributed by atoms with Crippen LogP contribution >= 0.6 is 11.3 Å². The minimum atomic E-state index is -0.975. The predicted molar refractivity (Wildman–Crippen MR) is 83.3 cm³/mol. The Kier molecular flexibility index (Phi) is 5.48. The highest BCUT2D eigenvalue weighted by molar-refractivity contribution is 7.17. The number of esters is 1. The summed E-state index contributed by atoms with van der Waals surface area (Å²) in [5.74, 6) is -1.43. The molecule has 0 amide bonds. The minimum absolute atomic E-state index is 0.283. The summed E-state index contributed by atoms with van der Waals surface area (Å²) in [6, 6.07) is 8.50. The molecule has 0 radical (unpaired) electrons. The van der Waals surface area contributed by atoms with E-state index in [-0.39, 0.29) is 6.61 Å². The van der Waals surface area contributed by atoms with Crippen molar-refractivity contribution in [2.75, 3.05) is 11.9 Å². The summed E-state index contributed by atoms with van der Waals surface area (Å²) in [6.07, 6.45) is 1.71. The molecule has 0 spiro atoms. The quantitative estimate of drug-likeness (QED) is 0.762. The Labute approximate surface area is 131 Å². The van der Waals surface area contributed by atoms with Crippen molar-refractivity contribution in [3.63, 3.8) is 0 Å². The number of hydrogen-bond acceptors (Lipinski definition) is 6. The molecule has 0 unspecified atom stereocenters. The van der Waals surface area contributed by atoms with Crippen molar-refractivity contribution in [2.45, 2.75) is 19.4 Å². The molecule has 22 heavy (non-hydrogen) atoms. The van der Waals surface area contributed by atoms with Crippen LogP contribution < -0.4 is 5.32 Å². The Morgan fingerprint density at radius 2 is 2.09 bits per heavy atom. The number of ether oxygens (including phenoxy) is 1. The van der Waals surface area contributed by atoms with Gasteiger partial charge in [-0.15, -0.1) is 0 Å². The highest BCUT2D eigenvalue weighted by Crippen LogP contribution is 2.20. The van der Waals surface area contributed by atoms with Crippen LogP contribution in [0.1, 0.15) is 22.2 Å². The van der Waals surface area contributed by atoms with Gasteiger partial charge >= 0.3 is 11.9 Å². The fraction of sp³-hybridized carbons (Fsp3) is 0.267. The molecule has 0 aliphatic rings. The molecule has 0 saturated carbocycles. The molecule has 1 atom stereocenters. The van der Waals surface area contributed by atoms with Gasteiger partial charge in [-0.2, -0.15) is 0 Å². The van der Waals surface area contributed by atoms with Gasteiger partial charge in [-0.25, -0.2) is 14.6 Å². The zero-order chi connectivity index (χ0) is 15.9. The average molecular weight is 320 g/mol. The van der Waals surface area contributed by atoms with Crippen LogP contribution in [0.15, 0.2) is 36.5 Å². The molecule has 0 fully saturated rings. The summed E-state index contributed by atoms with van der Waals surface area (Å²) < 4.78 is 4.88. The third kappa shape index (κ3) is 4.29. The number of carboxylic acids is 1. The van der Waals surface area contributed by atoms with Crippen LogP contribution in [0.2, 0.25) is 0 Å². The smallest absolute Gasteiger partial charge is 0.350 e. The summed E-state index contributed by atoms with van der Waals surface area (Å²) in [6.45, 7) is 2.00. The van der Waals surface area contributed by atoms with E-state index in [9.17, 15) is 14.7 Å². The van der Waals surface area contributed by atoms with Gasteiger partial charge in [-0.05, 0) is 12.5 Å². The second-order valence-corrected chi connectivity index (χ2v) is 5.51. The Balaban J connectivity index is 2.05. The van der Waals surface area contributed by atoms with Crippen LogP contribution in [0, 0.1) is 0 Å². The van der Waals surface area contributed by atoms with E-state index in [0.29, 0.717) is 16.4 Å². The van der Waals surface area contributed by atoms with Crippen molar-refractivity contribution in [2.24, 2.45) is 0 Å². The molecular formula is C15H16N2O4S. The molecule has 0 saturated heterocycles. The van der Waals surface area contributed by atoms with Gasteiger partial charge in [0, 0.05) is 6.42 Å². The summed E-state index contributed by atoms with van der Waals surface area (Å²) in [4.78, 5) is 27.3. The van der Waals surface area contributed by atoms with Crippen LogP contribution in [-0.4, -0.2) is 34.7 Å². The Bertz CT molecular complexity index is 642. The first-order valence-electron chi connectivity index (χ1n) is 6.76. The van der Waals surface area contributed by atoms with Crippen LogP contribution in [0.4, 0.5) is 5.13 Å². The molecule has 2 N–H and O–H groups in total. The molecule has 0 aliphatic carbocycles. The van der Waals surface area contributed by atoms with Crippen LogP contribution in [0.25, 0.3) is 0 Å². The number of carboxylic acid groups (broad SMARTS) is 1. The maximum Gasteiger partial charge on any atom is 0.350 e. The summed E-state index contributed by atoms with van der Waals surface area (Å²) in [5, 5.41) is 12.5. The molecule has 2 aromatic rings. The van der Waals surface area contributed by atoms with Gasteiger partial charge in [0.1, 0.15) is 10.9 Å². The van der Waals surface area contributed by atoms with Gasteiger partial charge in [0.25, 0.3) is 0 Å². The maximum atomic E-state index is 11.6. The number of nitrogens with one attached hydrogen (secondary N) is 1. The molecule has 0 aliphatic heterocycles. The van der Waals surface area contributed by atoms with Gasteiger partial charge in [0.05, 0.1) is 12.8 Å². The highest BCUT2D eigenvalue weighted by Gasteiger charge is 2.20. The minimum Gasteiger partial charge on any atom is -0.480 e. The first-order valence-corrected chi connectivity index (χ1v) is 7.58. The lowest BCUT2D eigenvalue weighted by molar-refractivity contribution is -0.137. The van der Waals surface area contributed by atoms with Gasteiger partial charge in [0.2, 0.25) is 0 Å². The Hall–Kier alpha value is -2.41. The standard InChI is InChI=1S/C15H16N2O4S/c1-2-21-14(20)12-9-16-15(22-12)17-11(13(18)19)8-10-6-4-3-5-7-10/h3-7,9,11H,2,8H2,1H3,(H,16,17)(H,18,19)/t11-/m0/s1. The van der Waals surface area contributed by atoms with E-state index < -0.39 is 18.0 Å². The van der Waals surface area contributed by atoms with E-state index >= 15 is 0 Å². The highest BCUT2D eigenvalue weighted by atomic mass is 32.1. The molecule has 1 heterocycles. The zero-order valence-electron chi connectivity index (χ0n) is 12.0. The number of hydrogen-bond donors (Lipinski definition) is 2. The lowest BCUT2D eigenvalue weighted by Gasteiger charge is -2.13. The number of rotatable bonds is 7. The first-order chi connectivity index (χ1) is 10.6. The number of carbonyl (C=O) groups is 2. The van der Waals surface area contributed by atoms with Gasteiger partial charge in [-0.3, -0.25) is 0 Å². The van der Waals surface area contributed by atoms with Crippen molar-refractivity contribution < 1.29 is 19.4 Å². The second-order valence-electron chi connectivity index (χ2n) is 4.48. The molecule has 0 bridgehead atoms. The van der Waals surface area contributed by atoms with Crippen molar-refractivity contribution >= 4 is 28.4 Å². The van der Waals surface area contributed by atoms with Crippen molar-refractivity contribution in [1.29, 1.82) is 0 Å². The van der Waals surface area contributed by atoms with E-state index in [1.54, 1.807) is 6.92 Å². The Morgan fingerprint density at radius 3 is 2.73 bits per heavy atom. The molecule has 7 heteroatoms. The maximum absolute atomic E-state index is 11.6. The van der Waals surface area contributed by atoms with Crippen LogP contribution in [0.5, 0.6) is 0 Å². The van der Waals surface area contributed by atoms with E-state index in [0.717, 1.165) is 16.9 Å². The summed E-state index contributed by atoms with van der Waals surface area (Å²) in [7, 11) is 0. The average Bonchev–Trinajstić information content (AvgIpc) is 2.96. The lowest BCUT2D eigenvalue weighted by atomic mass is 10.1. The molecule has 6 nitrogen and oxygen atoms in total. The first kappa shape index (κ1) is 16.0. The number of anilines is 1. The molecular weight excluding hydrogens is 304 g/mol. The zero-order valence-corrected chi connectivity index (χ0v) is 12.8. The number of carbonyl (C=O) groups excluding carboxylic acids is 1. The van der Waals surface area contributed by atoms with E-state index in [4.69, 9.17) is 4.74 Å². The molecule has 1 aromatic heterocycles. The van der Waals surface area contributed by atoms with Crippen molar-refractivity contribution in [1.82, 2.24) is 4.98 Å². The third-order valence-electron chi connectivity index (χ3n) is 2.86. The van der Waals surface area contributed by atoms with E-state index in [1.165, 1.54) is 6.20 Å². The normalized spacial score (nSPS) is 11.7. The third-order valence-corrected chi connectivity index (χ3v) is 3.77. The Morgan fingerprint density at radius 1 is 1.36 bits per heavy atom. The molecule has 116 valence electrons. The number of aromatic nitrogens is 1. The summed E-state index contributed by atoms with van der Waals surface area (Å²) in [5.41, 5.74) is 0.907. The van der Waals surface area contributed by atoms with E-state index in [2.05, 4.69) is 10.3 Å². The van der Waals surface area contributed by atoms with Gasteiger partial charge in [0.15, 0.2) is 5.13 Å². The second kappa shape index (κ2) is 7.56. The number of aliphatic carboxylic acids is 1. The number of thiazole rings is 1. The van der Waals surface area contributed by atoms with Crippen molar-refractivity contribution in [3.8, 4) is 0 Å². The fourth-order valence-corrected chi connectivity index (χ4v) is 2.60. The number of nitrogens with zero attached hydrogens (tertiary/aromatic N) is 1. The van der Waals surface area contributed by atoms with Gasteiger partial charge < -0.3 is 15.2 Å². The molecule has 2 rings (SSSR count). The predicted octanol–water partition coefficient (Wildman–Crippen LogP) is 2.43. The SMILES string of the molecule is CCOC(=O)c1cnc(N[C@@H](Cc2ccccc2)C(=O)O)s1. The summed E-state index contributed by atoms with van der Waals surface area (Å²) >= 11 is 1.08. The topological polar surface area (TPSA) is 88.5 Å². The van der Waals surface area contributed by atoms with Crippen molar-refractivity contribution in [3.05, 3.63) is 47.0 Å². The monoisotopic (exact) mass is 320 g/mol. The molecule has 1 aromatic carbocycles. The number of benzene rings is 1. The lowest BCUT2D eigenvalue weighted by Crippen LogP contribution is -2.31. The van der Waals surface area contributed by atoms with Crippen LogP contribution in [0.3, 0.4) is 0 Å². The largest absolute Gasteiger partial charge is 0.480 e. The van der Waals surface area contributed by atoms with Crippen LogP contribution in [-0.2, 0) is 16.0 Å². The van der Waals surface area contributed by atoms with Gasteiger partial charge in [-0.1, -0.05) is 41.7 Å². The fourth-order valence-electron chi connectivity index (χ4n) is 1.84. The van der Waals surface area contributed by atoms with E-state index in [1.807, 2.05) is 30.3 Å².